The third kappa shape index (κ3) is 2.51. The molecular formula is C13H11FO4. The number of rotatable bonds is 4. The summed E-state index contributed by atoms with van der Waals surface area (Å²) in [5.74, 6) is -0.926. The highest BCUT2D eigenvalue weighted by Gasteiger charge is 2.17. The van der Waals surface area contributed by atoms with E-state index < -0.39 is 17.3 Å². The van der Waals surface area contributed by atoms with Gasteiger partial charge in [-0.1, -0.05) is 6.07 Å². The number of ether oxygens (including phenoxy) is 1. The predicted molar refractivity (Wildman–Crippen MR) is 61.1 cm³/mol. The van der Waals surface area contributed by atoms with Crippen molar-refractivity contribution in [3.05, 3.63) is 53.2 Å². The fraction of sp³-hybridized carbons (Fsp3) is 0.154. The standard InChI is InChI=1S/C13H11FO4/c1-8-5-6-9(18-8)7-17-11-4-2-3-10(14)12(11)13(15)16/h2-6H,7H2,1H3,(H,15,16). The van der Waals surface area contributed by atoms with Gasteiger partial charge in [0.25, 0.3) is 0 Å². The van der Waals surface area contributed by atoms with Gasteiger partial charge in [-0.25, -0.2) is 9.18 Å². The minimum Gasteiger partial charge on any atom is -0.485 e. The SMILES string of the molecule is Cc1ccc(COc2cccc(F)c2C(=O)O)o1. The van der Waals surface area contributed by atoms with E-state index in [1.54, 1.807) is 19.1 Å². The lowest BCUT2D eigenvalue weighted by molar-refractivity contribution is 0.0685. The first-order valence-corrected chi connectivity index (χ1v) is 5.28. The van der Waals surface area contributed by atoms with Gasteiger partial charge >= 0.3 is 5.97 Å². The average molecular weight is 250 g/mol. The molecule has 0 aliphatic rings. The monoisotopic (exact) mass is 250 g/mol. The lowest BCUT2D eigenvalue weighted by atomic mass is 10.2. The maximum Gasteiger partial charge on any atom is 0.342 e. The maximum atomic E-state index is 13.3. The summed E-state index contributed by atoms with van der Waals surface area (Å²) in [6.45, 7) is 1.84. The smallest absolute Gasteiger partial charge is 0.342 e. The van der Waals surface area contributed by atoms with Crippen molar-refractivity contribution in [1.82, 2.24) is 0 Å². The Morgan fingerprint density at radius 3 is 2.78 bits per heavy atom. The molecule has 5 heteroatoms. The zero-order chi connectivity index (χ0) is 13.1. The number of hydrogen-bond acceptors (Lipinski definition) is 3. The number of carbonyl (C=O) groups is 1. The minimum absolute atomic E-state index is 0.0171. The molecule has 0 aliphatic carbocycles. The van der Waals surface area contributed by atoms with Crippen LogP contribution in [0.25, 0.3) is 0 Å². The molecule has 0 atom stereocenters. The summed E-state index contributed by atoms with van der Waals surface area (Å²) in [4.78, 5) is 10.9. The Morgan fingerprint density at radius 2 is 2.17 bits per heavy atom. The van der Waals surface area contributed by atoms with E-state index in [0.29, 0.717) is 5.76 Å². The van der Waals surface area contributed by atoms with Crippen LogP contribution in [0.4, 0.5) is 4.39 Å². The van der Waals surface area contributed by atoms with E-state index in [1.165, 1.54) is 12.1 Å². The van der Waals surface area contributed by atoms with Crippen molar-refractivity contribution in [2.75, 3.05) is 0 Å². The largest absolute Gasteiger partial charge is 0.485 e. The lowest BCUT2D eigenvalue weighted by Crippen LogP contribution is -2.05. The first kappa shape index (κ1) is 12.2. The van der Waals surface area contributed by atoms with Gasteiger partial charge in [0, 0.05) is 0 Å². The van der Waals surface area contributed by atoms with Crippen molar-refractivity contribution >= 4 is 5.97 Å². The van der Waals surface area contributed by atoms with Gasteiger partial charge in [0.2, 0.25) is 0 Å². The highest BCUT2D eigenvalue weighted by atomic mass is 19.1. The summed E-state index contributed by atoms with van der Waals surface area (Å²) in [7, 11) is 0. The predicted octanol–water partition coefficient (Wildman–Crippen LogP) is 3.00. The Labute approximate surface area is 103 Å². The Bertz CT molecular complexity index is 574. The van der Waals surface area contributed by atoms with Crippen LogP contribution in [-0.2, 0) is 6.61 Å². The van der Waals surface area contributed by atoms with E-state index in [0.717, 1.165) is 11.8 Å². The first-order valence-electron chi connectivity index (χ1n) is 5.28. The van der Waals surface area contributed by atoms with E-state index in [-0.39, 0.29) is 12.4 Å². The molecule has 2 aromatic rings. The molecule has 18 heavy (non-hydrogen) atoms. The highest BCUT2D eigenvalue weighted by molar-refractivity contribution is 5.91. The third-order valence-electron chi connectivity index (χ3n) is 2.36. The molecule has 0 saturated heterocycles. The Balaban J connectivity index is 2.19. The van der Waals surface area contributed by atoms with E-state index in [2.05, 4.69) is 0 Å². The molecule has 1 aromatic carbocycles. The second kappa shape index (κ2) is 4.91. The van der Waals surface area contributed by atoms with Gasteiger partial charge in [-0.2, -0.15) is 0 Å². The molecular weight excluding hydrogens is 239 g/mol. The molecule has 0 unspecified atom stereocenters. The van der Waals surface area contributed by atoms with Crippen LogP contribution in [-0.4, -0.2) is 11.1 Å². The minimum atomic E-state index is -1.36. The van der Waals surface area contributed by atoms with Crippen LogP contribution < -0.4 is 4.74 Å². The van der Waals surface area contributed by atoms with E-state index in [1.807, 2.05) is 0 Å². The summed E-state index contributed by atoms with van der Waals surface area (Å²) in [5, 5.41) is 8.90. The van der Waals surface area contributed by atoms with Gasteiger partial charge in [-0.05, 0) is 31.2 Å². The highest BCUT2D eigenvalue weighted by Crippen LogP contribution is 2.22. The second-order valence-electron chi connectivity index (χ2n) is 3.72. The molecule has 0 radical (unpaired) electrons. The van der Waals surface area contributed by atoms with Crippen LogP contribution in [0.15, 0.2) is 34.7 Å². The molecule has 0 amide bonds. The molecule has 2 rings (SSSR count). The Kier molecular flexibility index (Phi) is 3.32. The molecule has 1 aromatic heterocycles. The van der Waals surface area contributed by atoms with Gasteiger partial charge in [0.05, 0.1) is 0 Å². The molecule has 0 fully saturated rings. The van der Waals surface area contributed by atoms with Crippen LogP contribution in [0.5, 0.6) is 5.75 Å². The van der Waals surface area contributed by atoms with Gasteiger partial charge < -0.3 is 14.3 Å². The van der Waals surface area contributed by atoms with Crippen molar-refractivity contribution in [2.24, 2.45) is 0 Å². The molecule has 0 aliphatic heterocycles. The normalized spacial score (nSPS) is 10.3. The van der Waals surface area contributed by atoms with Crippen molar-refractivity contribution in [1.29, 1.82) is 0 Å². The van der Waals surface area contributed by atoms with Gasteiger partial charge in [-0.15, -0.1) is 0 Å². The van der Waals surface area contributed by atoms with Crippen LogP contribution in [0, 0.1) is 12.7 Å². The molecule has 94 valence electrons. The maximum absolute atomic E-state index is 13.3. The molecule has 1 heterocycles. The Morgan fingerprint density at radius 1 is 1.39 bits per heavy atom. The molecule has 0 saturated carbocycles. The molecule has 0 bridgehead atoms. The first-order chi connectivity index (χ1) is 8.58. The van der Waals surface area contributed by atoms with Gasteiger partial charge in [-0.3, -0.25) is 0 Å². The van der Waals surface area contributed by atoms with Crippen LogP contribution in [0.2, 0.25) is 0 Å². The van der Waals surface area contributed by atoms with E-state index in [4.69, 9.17) is 14.3 Å². The van der Waals surface area contributed by atoms with Gasteiger partial charge in [0.1, 0.15) is 35.3 Å². The number of halogens is 1. The fourth-order valence-electron chi connectivity index (χ4n) is 1.54. The topological polar surface area (TPSA) is 59.7 Å². The number of benzene rings is 1. The van der Waals surface area contributed by atoms with Crippen molar-refractivity contribution in [3.8, 4) is 5.75 Å². The summed E-state index contributed by atoms with van der Waals surface area (Å²) >= 11 is 0. The van der Waals surface area contributed by atoms with Crippen molar-refractivity contribution < 1.29 is 23.4 Å². The third-order valence-corrected chi connectivity index (χ3v) is 2.36. The zero-order valence-electron chi connectivity index (χ0n) is 9.64. The van der Waals surface area contributed by atoms with Gasteiger partial charge in [0.15, 0.2) is 0 Å². The average Bonchev–Trinajstić information content (AvgIpc) is 2.72. The lowest BCUT2D eigenvalue weighted by Gasteiger charge is -2.08. The summed E-state index contributed by atoms with van der Waals surface area (Å²) in [6.07, 6.45) is 0. The number of furan rings is 1. The molecule has 0 spiro atoms. The summed E-state index contributed by atoms with van der Waals surface area (Å²) in [5.41, 5.74) is -0.472. The summed E-state index contributed by atoms with van der Waals surface area (Å²) in [6, 6.07) is 7.36. The summed E-state index contributed by atoms with van der Waals surface area (Å²) < 4.78 is 23.9. The van der Waals surface area contributed by atoms with Crippen LogP contribution in [0.1, 0.15) is 21.9 Å². The number of carboxylic acids is 1. The number of aryl methyl sites for hydroxylation is 1. The van der Waals surface area contributed by atoms with Crippen molar-refractivity contribution in [3.63, 3.8) is 0 Å². The van der Waals surface area contributed by atoms with Crippen LogP contribution >= 0.6 is 0 Å². The quantitative estimate of drug-likeness (QED) is 0.906. The Hall–Kier alpha value is -2.30. The van der Waals surface area contributed by atoms with E-state index in [9.17, 15) is 9.18 Å². The fourth-order valence-corrected chi connectivity index (χ4v) is 1.54. The van der Waals surface area contributed by atoms with Crippen molar-refractivity contribution in [2.45, 2.75) is 13.5 Å². The number of aromatic carboxylic acids is 1. The number of hydrogen-bond donors (Lipinski definition) is 1. The number of carboxylic acid groups (broad SMARTS) is 1. The molecule has 1 N–H and O–H groups in total. The molecule has 4 nitrogen and oxygen atoms in total. The second-order valence-corrected chi connectivity index (χ2v) is 3.72. The van der Waals surface area contributed by atoms with E-state index >= 15 is 0 Å². The zero-order valence-corrected chi connectivity index (χ0v) is 9.64. The van der Waals surface area contributed by atoms with Crippen LogP contribution in [0.3, 0.4) is 0 Å².